The molecule has 3 N–H and O–H groups in total. The van der Waals surface area contributed by atoms with Crippen molar-refractivity contribution in [1.82, 2.24) is 5.32 Å². The molecule has 0 spiro atoms. The van der Waals surface area contributed by atoms with Gasteiger partial charge in [0.2, 0.25) is 0 Å². The number of ether oxygens (including phenoxy) is 1. The lowest BCUT2D eigenvalue weighted by molar-refractivity contribution is 0.184. The summed E-state index contributed by atoms with van der Waals surface area (Å²) >= 11 is 0. The van der Waals surface area contributed by atoms with Gasteiger partial charge >= 0.3 is 0 Å². The Morgan fingerprint density at radius 2 is 2.60 bits per heavy atom. The van der Waals surface area contributed by atoms with Gasteiger partial charge in [-0.05, 0) is 19.3 Å². The zero-order valence-corrected chi connectivity index (χ0v) is 6.47. The van der Waals surface area contributed by atoms with Crippen LogP contribution in [0.4, 0.5) is 0 Å². The van der Waals surface area contributed by atoms with Crippen LogP contribution in [0.5, 0.6) is 0 Å². The minimum atomic E-state index is 0.112. The number of hydrogen-bond donors (Lipinski definition) is 2. The van der Waals surface area contributed by atoms with Crippen LogP contribution < -0.4 is 11.1 Å². The first-order valence-corrected chi connectivity index (χ1v) is 3.86. The van der Waals surface area contributed by atoms with E-state index in [2.05, 4.69) is 5.32 Å². The predicted octanol–water partition coefficient (Wildman–Crippen LogP) is -0.0828. The van der Waals surface area contributed by atoms with Crippen molar-refractivity contribution >= 4 is 0 Å². The molecule has 0 amide bonds. The maximum atomic E-state index is 5.52. The van der Waals surface area contributed by atoms with E-state index in [1.54, 1.807) is 0 Å². The Hall–Kier alpha value is -0.120. The highest BCUT2D eigenvalue weighted by Crippen LogP contribution is 2.10. The van der Waals surface area contributed by atoms with Crippen LogP contribution in [0.3, 0.4) is 0 Å². The number of hydrogen-bond acceptors (Lipinski definition) is 3. The molecule has 1 aliphatic heterocycles. The van der Waals surface area contributed by atoms with Crippen LogP contribution in [0.2, 0.25) is 0 Å². The monoisotopic (exact) mass is 144 g/mol. The molecule has 1 heterocycles. The molecular formula is C7H16N2O. The maximum Gasteiger partial charge on any atom is 0.0517 e. The molecule has 0 radical (unpaired) electrons. The first-order chi connectivity index (χ1) is 4.79. The van der Waals surface area contributed by atoms with Crippen molar-refractivity contribution in [2.24, 2.45) is 11.7 Å². The lowest BCUT2D eigenvalue weighted by Crippen LogP contribution is -2.37. The lowest BCUT2D eigenvalue weighted by Gasteiger charge is -2.11. The Morgan fingerprint density at radius 1 is 1.80 bits per heavy atom. The van der Waals surface area contributed by atoms with E-state index in [4.69, 9.17) is 10.5 Å². The Labute approximate surface area is 61.9 Å². The van der Waals surface area contributed by atoms with Gasteiger partial charge < -0.3 is 15.8 Å². The molecular weight excluding hydrogens is 128 g/mol. The number of nitrogens with one attached hydrogen (secondary N) is 1. The van der Waals surface area contributed by atoms with E-state index in [9.17, 15) is 0 Å². The van der Waals surface area contributed by atoms with E-state index in [1.165, 1.54) is 6.42 Å². The average molecular weight is 144 g/mol. The molecule has 1 saturated heterocycles. The fraction of sp³-hybridized carbons (Fsp3) is 1.00. The molecule has 0 aromatic rings. The second-order valence-electron chi connectivity index (χ2n) is 2.93. The molecule has 0 aromatic heterocycles. The van der Waals surface area contributed by atoms with E-state index in [0.717, 1.165) is 19.8 Å². The lowest BCUT2D eigenvalue weighted by atomic mass is 10.1. The van der Waals surface area contributed by atoms with Gasteiger partial charge in [-0.25, -0.2) is 0 Å². The minimum Gasteiger partial charge on any atom is -0.381 e. The molecule has 1 aliphatic rings. The Balaban J connectivity index is 2.01. The normalized spacial score (nSPS) is 28.8. The van der Waals surface area contributed by atoms with E-state index >= 15 is 0 Å². The van der Waals surface area contributed by atoms with Gasteiger partial charge in [0, 0.05) is 13.2 Å². The third kappa shape index (κ3) is 2.64. The van der Waals surface area contributed by atoms with Crippen LogP contribution >= 0.6 is 0 Å². The van der Waals surface area contributed by atoms with Gasteiger partial charge in [0.25, 0.3) is 0 Å². The van der Waals surface area contributed by atoms with E-state index < -0.39 is 0 Å². The molecule has 0 saturated carbocycles. The van der Waals surface area contributed by atoms with E-state index in [1.807, 2.05) is 6.92 Å². The van der Waals surface area contributed by atoms with Crippen LogP contribution in [0.1, 0.15) is 13.3 Å². The average Bonchev–Trinajstić information content (AvgIpc) is 2.34. The maximum absolute atomic E-state index is 5.52. The third-order valence-corrected chi connectivity index (χ3v) is 1.75. The van der Waals surface area contributed by atoms with Crippen molar-refractivity contribution in [3.8, 4) is 0 Å². The highest BCUT2D eigenvalue weighted by Gasteiger charge is 2.14. The minimum absolute atomic E-state index is 0.112. The third-order valence-electron chi connectivity index (χ3n) is 1.75. The molecule has 1 fully saturated rings. The Bertz CT molecular complexity index is 89.6. The van der Waals surface area contributed by atoms with Crippen molar-refractivity contribution in [1.29, 1.82) is 0 Å². The van der Waals surface area contributed by atoms with Crippen molar-refractivity contribution < 1.29 is 4.74 Å². The molecule has 10 heavy (non-hydrogen) atoms. The van der Waals surface area contributed by atoms with Gasteiger partial charge in [0.05, 0.1) is 12.8 Å². The van der Waals surface area contributed by atoms with Gasteiger partial charge in [-0.15, -0.1) is 0 Å². The van der Waals surface area contributed by atoms with Gasteiger partial charge in [-0.3, -0.25) is 0 Å². The standard InChI is InChI=1S/C7H16N2O/c1-6(8)9-4-7-2-3-10-5-7/h6-7,9H,2-5,8H2,1H3. The zero-order chi connectivity index (χ0) is 7.40. The smallest absolute Gasteiger partial charge is 0.0517 e. The summed E-state index contributed by atoms with van der Waals surface area (Å²) in [7, 11) is 0. The predicted molar refractivity (Wildman–Crippen MR) is 40.6 cm³/mol. The van der Waals surface area contributed by atoms with Crippen LogP contribution in [0, 0.1) is 5.92 Å². The molecule has 0 bridgehead atoms. The van der Waals surface area contributed by atoms with Gasteiger partial charge in [-0.1, -0.05) is 0 Å². The summed E-state index contributed by atoms with van der Waals surface area (Å²) in [6.45, 7) is 4.78. The van der Waals surface area contributed by atoms with Crippen molar-refractivity contribution in [2.45, 2.75) is 19.5 Å². The Kier molecular flexibility index (Phi) is 3.12. The zero-order valence-electron chi connectivity index (χ0n) is 6.47. The van der Waals surface area contributed by atoms with Gasteiger partial charge in [0.1, 0.15) is 0 Å². The van der Waals surface area contributed by atoms with E-state index in [0.29, 0.717) is 5.92 Å². The van der Waals surface area contributed by atoms with Gasteiger partial charge in [-0.2, -0.15) is 0 Å². The first kappa shape index (κ1) is 7.98. The largest absolute Gasteiger partial charge is 0.381 e. The highest BCUT2D eigenvalue weighted by molar-refractivity contribution is 4.67. The molecule has 2 unspecified atom stereocenters. The van der Waals surface area contributed by atoms with Gasteiger partial charge in [0.15, 0.2) is 0 Å². The second kappa shape index (κ2) is 3.91. The molecule has 3 heteroatoms. The van der Waals surface area contributed by atoms with Crippen molar-refractivity contribution in [2.75, 3.05) is 19.8 Å². The highest BCUT2D eigenvalue weighted by atomic mass is 16.5. The molecule has 0 aromatic carbocycles. The molecule has 2 atom stereocenters. The topological polar surface area (TPSA) is 47.3 Å². The summed E-state index contributed by atoms with van der Waals surface area (Å²) < 4.78 is 5.21. The molecule has 1 rings (SSSR count). The van der Waals surface area contributed by atoms with Crippen LogP contribution in [-0.4, -0.2) is 25.9 Å². The van der Waals surface area contributed by atoms with Crippen LogP contribution in [0.15, 0.2) is 0 Å². The SMILES string of the molecule is CC(N)NCC1CCOC1. The fourth-order valence-corrected chi connectivity index (χ4v) is 1.10. The summed E-state index contributed by atoms with van der Waals surface area (Å²) in [4.78, 5) is 0. The summed E-state index contributed by atoms with van der Waals surface area (Å²) in [5.41, 5.74) is 5.52. The van der Waals surface area contributed by atoms with Crippen LogP contribution in [-0.2, 0) is 4.74 Å². The quantitative estimate of drug-likeness (QED) is 0.544. The van der Waals surface area contributed by atoms with Crippen molar-refractivity contribution in [3.63, 3.8) is 0 Å². The summed E-state index contributed by atoms with van der Waals surface area (Å²) in [6.07, 6.45) is 1.29. The molecule has 0 aliphatic carbocycles. The number of nitrogens with two attached hydrogens (primary N) is 1. The Morgan fingerprint density at radius 3 is 3.10 bits per heavy atom. The first-order valence-electron chi connectivity index (χ1n) is 3.86. The number of rotatable bonds is 3. The second-order valence-corrected chi connectivity index (χ2v) is 2.93. The molecule has 60 valence electrons. The van der Waals surface area contributed by atoms with Crippen LogP contribution in [0.25, 0.3) is 0 Å². The van der Waals surface area contributed by atoms with Crippen molar-refractivity contribution in [3.05, 3.63) is 0 Å². The summed E-state index contributed by atoms with van der Waals surface area (Å²) in [5.74, 6) is 0.686. The summed E-state index contributed by atoms with van der Waals surface area (Å²) in [5, 5.41) is 3.19. The molecule has 3 nitrogen and oxygen atoms in total. The fourth-order valence-electron chi connectivity index (χ4n) is 1.10. The summed E-state index contributed by atoms with van der Waals surface area (Å²) in [6, 6.07) is 0. The van der Waals surface area contributed by atoms with E-state index in [-0.39, 0.29) is 6.17 Å².